The molecule has 0 amide bonds. The Morgan fingerprint density at radius 2 is 0.597 bits per heavy atom. The molecule has 0 unspecified atom stereocenters. The molecule has 10 aromatic carbocycles. The number of benzene rings is 10. The normalized spacial score (nSPS) is 12.5. The molecular weight excluding hydrogens is 939 g/mol. The summed E-state index contributed by atoms with van der Waals surface area (Å²) in [5.41, 5.74) is 17.7. The molecule has 77 heavy (non-hydrogen) atoms. The highest BCUT2D eigenvalue weighted by Crippen LogP contribution is 2.42. The first-order chi connectivity index (χ1) is 38.2. The number of allylic oxidation sites excluding steroid dienone is 2. The Labute approximate surface area is 442 Å². The molecule has 0 fully saturated rings. The molecule has 7 nitrogen and oxygen atoms in total. The van der Waals surface area contributed by atoms with Crippen LogP contribution in [0.15, 0.2) is 249 Å². The van der Waals surface area contributed by atoms with E-state index in [9.17, 15) is 0 Å². The Kier molecular flexibility index (Phi) is 9.56. The molecule has 16 rings (SSSR count). The molecule has 0 bridgehead atoms. The summed E-state index contributed by atoms with van der Waals surface area (Å²) < 4.78 is 9.71. The van der Waals surface area contributed by atoms with Gasteiger partial charge in [0, 0.05) is 82.7 Å². The van der Waals surface area contributed by atoms with Gasteiger partial charge >= 0.3 is 0 Å². The number of hydrogen-bond acceptors (Lipinski definition) is 3. The lowest BCUT2D eigenvalue weighted by Crippen LogP contribution is -2.01. The zero-order valence-electron chi connectivity index (χ0n) is 41.7. The quantitative estimate of drug-likeness (QED) is 0.160. The van der Waals surface area contributed by atoms with Crippen LogP contribution in [-0.2, 0) is 0 Å². The first-order valence-electron chi connectivity index (χ1n) is 26.3. The van der Waals surface area contributed by atoms with E-state index in [1.807, 2.05) is 60.7 Å². The molecule has 0 saturated heterocycles. The van der Waals surface area contributed by atoms with Gasteiger partial charge in [-0.1, -0.05) is 152 Å². The fourth-order valence-electron chi connectivity index (χ4n) is 12.2. The third-order valence-corrected chi connectivity index (χ3v) is 15.6. The molecule has 0 aliphatic heterocycles. The highest BCUT2D eigenvalue weighted by atomic mass is 15.0. The summed E-state index contributed by atoms with van der Waals surface area (Å²) >= 11 is 0. The third-order valence-electron chi connectivity index (χ3n) is 15.6. The Bertz CT molecular complexity index is 4600. The maximum absolute atomic E-state index is 5.03. The summed E-state index contributed by atoms with van der Waals surface area (Å²) in [6.45, 7) is 0. The van der Waals surface area contributed by atoms with Crippen molar-refractivity contribution in [2.75, 3.05) is 0 Å². The van der Waals surface area contributed by atoms with Gasteiger partial charge in [0.05, 0.1) is 44.3 Å². The van der Waals surface area contributed by atoms with Crippen molar-refractivity contribution in [3.63, 3.8) is 0 Å². The lowest BCUT2D eigenvalue weighted by Gasteiger charge is -2.13. The summed E-state index contributed by atoms with van der Waals surface area (Å²) in [4.78, 5) is 15.0. The monoisotopic (exact) mass is 983 g/mol. The number of nitrogens with zero attached hydrogens (tertiary/aromatic N) is 7. The first kappa shape index (κ1) is 43.1. The van der Waals surface area contributed by atoms with Crippen molar-refractivity contribution in [3.05, 3.63) is 260 Å². The molecule has 0 spiro atoms. The topological polar surface area (TPSA) is 58.4 Å². The van der Waals surface area contributed by atoms with Crippen LogP contribution in [0.3, 0.4) is 0 Å². The minimum atomic E-state index is 0.628. The number of fused-ring (bicyclic) bond motifs is 12. The Balaban J connectivity index is 0.876. The molecule has 0 atom stereocenters. The van der Waals surface area contributed by atoms with E-state index >= 15 is 0 Å². The van der Waals surface area contributed by atoms with Crippen LogP contribution in [0.25, 0.3) is 145 Å². The zero-order chi connectivity index (χ0) is 50.6. The maximum Gasteiger partial charge on any atom is 0.164 e. The standard InChI is InChI=1S/C70H45N7/c1-4-18-45(19-5-1)68-71-69(46-20-6-2-7-21-46)73-70(72-68)47-32-34-48(35-33-47)74-64-27-9-3-8-22-56(64)57-42-49(36-39-65(57)74)77-66-40-37-50(75-60-28-14-10-23-52(60)53-24-11-15-29-61(53)75)43-58(66)59-44-51(38-41-67(59)77)76-62-30-16-12-25-54(62)55-26-13-17-31-63(55)76/h1-2,4-44H,3H2. The van der Waals surface area contributed by atoms with Gasteiger partial charge in [0.15, 0.2) is 17.5 Å². The van der Waals surface area contributed by atoms with Crippen molar-refractivity contribution in [1.82, 2.24) is 33.2 Å². The third kappa shape index (κ3) is 6.73. The highest BCUT2D eigenvalue weighted by Gasteiger charge is 2.22. The maximum atomic E-state index is 5.03. The van der Waals surface area contributed by atoms with Gasteiger partial charge in [0.25, 0.3) is 0 Å². The molecule has 0 radical (unpaired) electrons. The molecule has 0 N–H and O–H groups in total. The van der Waals surface area contributed by atoms with Crippen molar-refractivity contribution < 1.29 is 0 Å². The zero-order valence-corrected chi connectivity index (χ0v) is 41.7. The van der Waals surface area contributed by atoms with Crippen LogP contribution in [0, 0.1) is 0 Å². The average molecular weight is 984 g/mol. The second-order valence-corrected chi connectivity index (χ2v) is 19.9. The van der Waals surface area contributed by atoms with Gasteiger partial charge in [-0.2, -0.15) is 0 Å². The number of hydrogen-bond donors (Lipinski definition) is 0. The smallest absolute Gasteiger partial charge is 0.164 e. The van der Waals surface area contributed by atoms with Gasteiger partial charge in [-0.25, -0.2) is 15.0 Å². The van der Waals surface area contributed by atoms with Gasteiger partial charge < -0.3 is 18.3 Å². The fourth-order valence-corrected chi connectivity index (χ4v) is 12.2. The summed E-state index contributed by atoms with van der Waals surface area (Å²) in [5, 5.41) is 8.54. The summed E-state index contributed by atoms with van der Waals surface area (Å²) in [6, 6.07) is 85.0. The van der Waals surface area contributed by atoms with E-state index in [4.69, 9.17) is 15.0 Å². The van der Waals surface area contributed by atoms with Gasteiger partial charge in [0.1, 0.15) is 0 Å². The minimum Gasteiger partial charge on any atom is -0.309 e. The van der Waals surface area contributed by atoms with Gasteiger partial charge in [0.2, 0.25) is 0 Å². The van der Waals surface area contributed by atoms with E-state index in [-0.39, 0.29) is 0 Å². The van der Waals surface area contributed by atoms with E-state index in [1.165, 1.54) is 65.3 Å². The van der Waals surface area contributed by atoms with Crippen molar-refractivity contribution in [2.24, 2.45) is 0 Å². The van der Waals surface area contributed by atoms with E-state index < -0.39 is 0 Å². The van der Waals surface area contributed by atoms with Crippen LogP contribution in [-0.4, -0.2) is 33.2 Å². The minimum absolute atomic E-state index is 0.628. The fraction of sp³-hybridized carbons (Fsp3) is 0.0143. The first-order valence-corrected chi connectivity index (χ1v) is 26.3. The lowest BCUT2D eigenvalue weighted by molar-refractivity contribution is 1.07. The second-order valence-electron chi connectivity index (χ2n) is 19.9. The Morgan fingerprint density at radius 3 is 1.04 bits per heavy atom. The highest BCUT2D eigenvalue weighted by molar-refractivity contribution is 6.14. The summed E-state index contributed by atoms with van der Waals surface area (Å²) in [5.74, 6) is 1.91. The number of aromatic nitrogens is 7. The summed E-state index contributed by atoms with van der Waals surface area (Å²) in [7, 11) is 0. The van der Waals surface area contributed by atoms with E-state index in [0.29, 0.717) is 17.5 Å². The van der Waals surface area contributed by atoms with Gasteiger partial charge in [-0.15, -0.1) is 0 Å². The van der Waals surface area contributed by atoms with Crippen LogP contribution in [0.2, 0.25) is 0 Å². The molecule has 7 heteroatoms. The molecule has 15 aromatic rings. The molecule has 5 heterocycles. The van der Waals surface area contributed by atoms with Crippen LogP contribution < -0.4 is 0 Å². The molecule has 5 aromatic heterocycles. The molecule has 1 aliphatic rings. The molecular formula is C70H45N7. The van der Waals surface area contributed by atoms with Crippen molar-refractivity contribution in [2.45, 2.75) is 6.42 Å². The van der Waals surface area contributed by atoms with Gasteiger partial charge in [-0.3, -0.25) is 0 Å². The van der Waals surface area contributed by atoms with Gasteiger partial charge in [-0.05, 0) is 116 Å². The van der Waals surface area contributed by atoms with E-state index in [2.05, 4.69) is 218 Å². The predicted molar refractivity (Wildman–Crippen MR) is 319 cm³/mol. The van der Waals surface area contributed by atoms with E-state index in [0.717, 1.165) is 68.1 Å². The predicted octanol–water partition coefficient (Wildman–Crippen LogP) is 17.5. The summed E-state index contributed by atoms with van der Waals surface area (Å²) in [6.07, 6.45) is 9.96. The number of rotatable bonds is 7. The largest absolute Gasteiger partial charge is 0.309 e. The molecule has 1 aliphatic carbocycles. The molecule has 360 valence electrons. The van der Waals surface area contributed by atoms with E-state index in [1.54, 1.807) is 0 Å². The van der Waals surface area contributed by atoms with Crippen LogP contribution in [0.1, 0.15) is 17.7 Å². The average Bonchev–Trinajstić information content (AvgIpc) is 4.32. The molecule has 0 saturated carbocycles. The van der Waals surface area contributed by atoms with Crippen molar-refractivity contribution in [3.8, 4) is 56.9 Å². The van der Waals surface area contributed by atoms with Crippen molar-refractivity contribution in [1.29, 1.82) is 0 Å². The lowest BCUT2D eigenvalue weighted by atomic mass is 10.1. The second kappa shape index (κ2) is 17.1. The SMILES string of the molecule is C1=Cc2c(n(-c3ccc(-c4nc(-c5ccccc5)nc(-c5ccccc5)n4)cc3)c3ccc(-n4c5ccc(-n6c7ccccc7c7ccccc76)cc5c5cc(-n6c7ccccc7c7ccccc76)ccc54)cc23)C=CC1. The number of para-hydroxylation sites is 4. The van der Waals surface area contributed by atoms with Crippen LogP contribution in [0.4, 0.5) is 0 Å². The Morgan fingerprint density at radius 1 is 0.260 bits per heavy atom. The van der Waals surface area contributed by atoms with Crippen molar-refractivity contribution >= 4 is 88.5 Å². The Hall–Kier alpha value is -10.4. The van der Waals surface area contributed by atoms with Crippen LogP contribution >= 0.6 is 0 Å². The van der Waals surface area contributed by atoms with Crippen LogP contribution in [0.5, 0.6) is 0 Å².